The quantitative estimate of drug-likeness (QED) is 0.239. The maximum atomic E-state index is 9.98. The van der Waals surface area contributed by atoms with Crippen molar-refractivity contribution in [2.45, 2.75) is 13.8 Å². The molecule has 0 spiro atoms. The summed E-state index contributed by atoms with van der Waals surface area (Å²) >= 11 is 4.83. The maximum absolute atomic E-state index is 9.98. The fourth-order valence-electron chi connectivity index (χ4n) is 0.208. The Labute approximate surface area is 100 Å². The molecule has 0 bridgehead atoms. The van der Waals surface area contributed by atoms with Gasteiger partial charge in [-0.15, -0.1) is 0 Å². The summed E-state index contributed by atoms with van der Waals surface area (Å²) in [6.07, 6.45) is 2.85. The SMILES string of the molecule is CC.[B]C(=[B])C(=[N-])C=[C-]C(=O)Cl.[W+2]. The van der Waals surface area contributed by atoms with Crippen LogP contribution in [0.25, 0.3) is 5.41 Å². The van der Waals surface area contributed by atoms with Gasteiger partial charge >= 0.3 is 86.7 Å². The molecule has 0 saturated heterocycles. The van der Waals surface area contributed by atoms with Crippen LogP contribution >= 0.6 is 11.6 Å². The summed E-state index contributed by atoms with van der Waals surface area (Å²) < 4.78 is 0. The average Bonchev–Trinajstić information content (AvgIpc) is 2.03. The minimum absolute atomic E-state index is 0. The van der Waals surface area contributed by atoms with E-state index in [0.29, 0.717) is 0 Å². The third-order valence-corrected chi connectivity index (χ3v) is 0.727. The van der Waals surface area contributed by atoms with E-state index < -0.39 is 11.0 Å². The predicted molar refractivity (Wildman–Crippen MR) is 54.9 cm³/mol. The van der Waals surface area contributed by atoms with Gasteiger partial charge in [-0.05, 0) is 0 Å². The van der Waals surface area contributed by atoms with E-state index in [0.717, 1.165) is 6.08 Å². The van der Waals surface area contributed by atoms with Crippen molar-refractivity contribution in [3.8, 4) is 0 Å². The molecule has 0 saturated carbocycles. The number of hydrogen-bond donors (Lipinski definition) is 0. The number of halogens is 1. The van der Waals surface area contributed by atoms with Gasteiger partial charge < -0.3 is 0 Å². The summed E-state index contributed by atoms with van der Waals surface area (Å²) in [6.45, 7) is 4.00. The molecule has 0 fully saturated rings. The van der Waals surface area contributed by atoms with Crippen LogP contribution in [0.1, 0.15) is 13.8 Å². The number of nitrogens with zero attached hydrogens (tertiary/aromatic N) is 1. The van der Waals surface area contributed by atoms with Gasteiger partial charge in [-0.1, -0.05) is 13.8 Å². The minimum Gasteiger partial charge on any atom is 2.00 e. The molecule has 0 aromatic heterocycles. The van der Waals surface area contributed by atoms with Crippen molar-refractivity contribution in [1.29, 1.82) is 0 Å². The molecule has 0 unspecified atom stereocenters. The van der Waals surface area contributed by atoms with Crippen LogP contribution < -0.4 is 0 Å². The van der Waals surface area contributed by atoms with E-state index in [-0.39, 0.29) is 26.4 Å². The van der Waals surface area contributed by atoms with E-state index in [1.54, 1.807) is 0 Å². The van der Waals surface area contributed by atoms with Gasteiger partial charge in [-0.25, -0.2) is 0 Å². The Kier molecular flexibility index (Phi) is 17.4. The van der Waals surface area contributed by atoms with Gasteiger partial charge in [0.15, 0.2) is 0 Å². The van der Waals surface area contributed by atoms with Crippen molar-refractivity contribution in [2.24, 2.45) is 0 Å². The molecule has 0 N–H and O–H groups in total. The van der Waals surface area contributed by atoms with Gasteiger partial charge in [-0.3, -0.25) is 0 Å². The normalized spacial score (nSPS) is 7.85. The first-order valence-corrected chi connectivity index (χ1v) is 3.65. The zero-order chi connectivity index (χ0) is 10.1. The predicted octanol–water partition coefficient (Wildman–Crippen LogP) is 0.612. The maximum Gasteiger partial charge on any atom is 2.00 e. The largest absolute Gasteiger partial charge is 2.00 e. The van der Waals surface area contributed by atoms with Crippen molar-refractivity contribution in [2.75, 3.05) is 0 Å². The van der Waals surface area contributed by atoms with E-state index in [9.17, 15) is 4.79 Å². The molecule has 0 aromatic carbocycles. The van der Waals surface area contributed by atoms with Crippen molar-refractivity contribution in [3.63, 3.8) is 0 Å². The zero-order valence-corrected chi connectivity index (χ0v) is 11.1. The van der Waals surface area contributed by atoms with Gasteiger partial charge in [-0.2, -0.15) is 0 Å². The third kappa shape index (κ3) is 14.9. The van der Waals surface area contributed by atoms with Crippen LogP contribution in [0.4, 0.5) is 0 Å². The van der Waals surface area contributed by atoms with E-state index in [2.05, 4.69) is 0 Å². The van der Waals surface area contributed by atoms with Crippen LogP contribution in [-0.4, -0.2) is 31.7 Å². The Hall–Kier alpha value is 0.0582. The first-order chi connectivity index (χ1) is 5.54. The van der Waals surface area contributed by atoms with E-state index in [1.807, 2.05) is 19.9 Å². The Morgan fingerprint density at radius 1 is 1.54 bits per heavy atom. The summed E-state index contributed by atoms with van der Waals surface area (Å²) in [5.41, 5.74) is -0.422. The van der Waals surface area contributed by atoms with E-state index >= 15 is 0 Å². The van der Waals surface area contributed by atoms with E-state index in [1.165, 1.54) is 0 Å². The van der Waals surface area contributed by atoms with Crippen molar-refractivity contribution >= 4 is 43.3 Å². The number of carbonyl (C=O) groups excluding carboxylic acids is 1. The molecule has 13 heavy (non-hydrogen) atoms. The molecular formula is C7H7B2ClNOW. The molecule has 3 radical (unpaired) electrons. The van der Waals surface area contributed by atoms with Gasteiger partial charge in [0.05, 0.1) is 0 Å². The number of rotatable bonds is 3. The minimum atomic E-state index is -0.826. The molecule has 0 aliphatic rings. The Balaban J connectivity index is -0.000000309. The molecule has 0 heterocycles. The van der Waals surface area contributed by atoms with Crippen LogP contribution in [0.15, 0.2) is 6.08 Å². The second kappa shape index (κ2) is 12.1. The molecule has 6 heteroatoms. The van der Waals surface area contributed by atoms with Crippen molar-refractivity contribution in [3.05, 3.63) is 17.6 Å². The molecule has 65 valence electrons. The summed E-state index contributed by atoms with van der Waals surface area (Å²) in [4.78, 5) is 9.98. The van der Waals surface area contributed by atoms with Crippen LogP contribution in [0.3, 0.4) is 0 Å². The summed E-state index contributed by atoms with van der Waals surface area (Å²) in [5.74, 6) is 0. The number of allylic oxidation sites excluding steroid dienone is 2. The van der Waals surface area contributed by atoms with Crippen LogP contribution in [0, 0.1) is 6.08 Å². The molecular weight excluding hydrogens is 355 g/mol. The Morgan fingerprint density at radius 3 is 2.15 bits per heavy atom. The van der Waals surface area contributed by atoms with Gasteiger partial charge in [0.25, 0.3) is 0 Å². The van der Waals surface area contributed by atoms with Crippen molar-refractivity contribution in [1.82, 2.24) is 0 Å². The van der Waals surface area contributed by atoms with Crippen LogP contribution in [-0.2, 0) is 25.9 Å². The van der Waals surface area contributed by atoms with Gasteiger partial charge in [0.2, 0.25) is 0 Å². The molecule has 0 aromatic rings. The molecule has 0 aliphatic carbocycles. The van der Waals surface area contributed by atoms with E-state index in [4.69, 9.17) is 32.3 Å². The van der Waals surface area contributed by atoms with Crippen LogP contribution in [0.2, 0.25) is 0 Å². The van der Waals surface area contributed by atoms with Gasteiger partial charge in [0, 0.05) is 0 Å². The second-order valence-electron chi connectivity index (χ2n) is 1.40. The fraction of sp³-hybridized carbons (Fsp3) is 0.286. The van der Waals surface area contributed by atoms with Gasteiger partial charge in [0.1, 0.15) is 0 Å². The molecule has 0 amide bonds. The molecule has 2 nitrogen and oxygen atoms in total. The van der Waals surface area contributed by atoms with Crippen LogP contribution in [0.5, 0.6) is 0 Å². The number of carbonyl (C=O) groups is 1. The zero-order valence-electron chi connectivity index (χ0n) is 7.37. The molecule has 0 aliphatic heterocycles. The average molecular weight is 362 g/mol. The molecule has 0 rings (SSSR count). The summed E-state index contributed by atoms with van der Waals surface area (Å²) in [7, 11) is 9.81. The first-order valence-electron chi connectivity index (χ1n) is 3.27. The second-order valence-corrected chi connectivity index (χ2v) is 1.75. The summed E-state index contributed by atoms with van der Waals surface area (Å²) in [6, 6.07) is 0. The number of hydrogen-bond acceptors (Lipinski definition) is 1. The Bertz CT molecular complexity index is 219. The monoisotopic (exact) mass is 362 g/mol. The Morgan fingerprint density at radius 2 is 1.92 bits per heavy atom. The topological polar surface area (TPSA) is 39.4 Å². The summed E-state index contributed by atoms with van der Waals surface area (Å²) in [5, 5.41) is 7.56. The first kappa shape index (κ1) is 18.8. The molecule has 0 atom stereocenters. The fourth-order valence-corrected chi connectivity index (χ4v) is 0.263. The smallest absolute Gasteiger partial charge is 2.00 e. The standard InChI is InChI=1S/C5HB2ClNO.C2H6.W/c6-5(7)3(9)1-2-4(8)10;1-2;/h1H;1-2H3;/q-2;;+2. The third-order valence-electron chi connectivity index (χ3n) is 0.618. The van der Waals surface area contributed by atoms with Crippen molar-refractivity contribution < 1.29 is 25.9 Å².